The average molecular weight is 301 g/mol. The molecule has 1 rings (SSSR count). The van der Waals surface area contributed by atoms with Gasteiger partial charge in [0.1, 0.15) is 5.75 Å². The monoisotopic (exact) mass is 301 g/mol. The van der Waals surface area contributed by atoms with Gasteiger partial charge in [0.05, 0.1) is 31.6 Å². The van der Waals surface area contributed by atoms with Gasteiger partial charge < -0.3 is 9.47 Å². The highest BCUT2D eigenvalue weighted by molar-refractivity contribution is 7.92. The van der Waals surface area contributed by atoms with Crippen molar-refractivity contribution in [3.8, 4) is 5.75 Å². The molecule has 112 valence electrons. The summed E-state index contributed by atoms with van der Waals surface area (Å²) in [5.41, 5.74) is 0.130. The second-order valence-electron chi connectivity index (χ2n) is 4.91. The highest BCUT2D eigenvalue weighted by Crippen LogP contribution is 2.32. The van der Waals surface area contributed by atoms with Crippen LogP contribution in [0.3, 0.4) is 0 Å². The number of sulfonamides is 1. The lowest BCUT2D eigenvalue weighted by Crippen LogP contribution is -2.30. The molecule has 1 N–H and O–H groups in total. The van der Waals surface area contributed by atoms with Crippen LogP contribution in [0.1, 0.15) is 19.4 Å². The Morgan fingerprint density at radius 1 is 1.25 bits per heavy atom. The summed E-state index contributed by atoms with van der Waals surface area (Å²) in [6.07, 6.45) is 1.05. The zero-order valence-electron chi connectivity index (χ0n) is 12.2. The molecule has 0 heterocycles. The number of nitrogens with one attached hydrogen (secondary N) is 1. The molecule has 0 fully saturated rings. The van der Waals surface area contributed by atoms with Crippen LogP contribution in [0.4, 0.5) is 5.69 Å². The molecule has 7 heteroatoms. The number of hydrogen-bond acceptors (Lipinski definition) is 5. The van der Waals surface area contributed by atoms with Crippen LogP contribution in [-0.2, 0) is 25.0 Å². The van der Waals surface area contributed by atoms with E-state index in [-0.39, 0.29) is 5.97 Å². The Kier molecular flexibility index (Phi) is 4.65. The maximum Gasteiger partial charge on any atom is 0.315 e. The van der Waals surface area contributed by atoms with Crippen LogP contribution < -0.4 is 9.46 Å². The molecule has 0 aliphatic heterocycles. The Morgan fingerprint density at radius 2 is 1.85 bits per heavy atom. The molecule has 0 aromatic heterocycles. The molecule has 0 spiro atoms. The van der Waals surface area contributed by atoms with Crippen LogP contribution in [0, 0.1) is 0 Å². The van der Waals surface area contributed by atoms with E-state index in [1.54, 1.807) is 32.0 Å². The third-order valence-electron chi connectivity index (χ3n) is 2.91. The first-order valence-electron chi connectivity index (χ1n) is 5.86. The van der Waals surface area contributed by atoms with Crippen molar-refractivity contribution in [1.82, 2.24) is 0 Å². The highest BCUT2D eigenvalue weighted by atomic mass is 32.2. The summed E-state index contributed by atoms with van der Waals surface area (Å²) in [6.45, 7) is 3.44. The lowest BCUT2D eigenvalue weighted by molar-refractivity contribution is -0.146. The van der Waals surface area contributed by atoms with E-state index in [1.807, 2.05) is 0 Å². The van der Waals surface area contributed by atoms with Gasteiger partial charge in [0.2, 0.25) is 10.0 Å². The maximum atomic E-state index is 11.8. The fraction of sp³-hybridized carbons (Fsp3) is 0.462. The zero-order valence-corrected chi connectivity index (χ0v) is 13.0. The van der Waals surface area contributed by atoms with E-state index < -0.39 is 15.4 Å². The SMILES string of the molecule is COC(=O)C(C)(C)c1ccc(NS(C)(=O)=O)c(OC)c1. The van der Waals surface area contributed by atoms with Crippen molar-refractivity contribution in [1.29, 1.82) is 0 Å². The Balaban J connectivity index is 3.26. The molecule has 0 aliphatic carbocycles. The number of carbonyl (C=O) groups is 1. The van der Waals surface area contributed by atoms with E-state index in [4.69, 9.17) is 9.47 Å². The molecule has 1 aromatic carbocycles. The summed E-state index contributed by atoms with van der Waals surface area (Å²) in [5.74, 6) is -0.0479. The van der Waals surface area contributed by atoms with Gasteiger partial charge in [-0.25, -0.2) is 8.42 Å². The van der Waals surface area contributed by atoms with Gasteiger partial charge in [-0.2, -0.15) is 0 Å². The number of carbonyl (C=O) groups excluding carboxylic acids is 1. The fourth-order valence-corrected chi connectivity index (χ4v) is 2.31. The average Bonchev–Trinajstić information content (AvgIpc) is 2.36. The van der Waals surface area contributed by atoms with Crippen molar-refractivity contribution in [3.63, 3.8) is 0 Å². The third kappa shape index (κ3) is 3.63. The van der Waals surface area contributed by atoms with Gasteiger partial charge in [-0.1, -0.05) is 6.07 Å². The molecule has 20 heavy (non-hydrogen) atoms. The van der Waals surface area contributed by atoms with Crippen LogP contribution in [0.5, 0.6) is 5.75 Å². The first-order chi connectivity index (χ1) is 9.11. The van der Waals surface area contributed by atoms with Gasteiger partial charge in [-0.05, 0) is 31.5 Å². The summed E-state index contributed by atoms with van der Waals surface area (Å²) in [4.78, 5) is 11.8. The van der Waals surface area contributed by atoms with Crippen LogP contribution in [0.25, 0.3) is 0 Å². The largest absolute Gasteiger partial charge is 0.495 e. The Bertz CT molecular complexity index is 607. The molecule has 0 radical (unpaired) electrons. The second kappa shape index (κ2) is 5.70. The van der Waals surface area contributed by atoms with E-state index in [1.165, 1.54) is 14.2 Å². The predicted octanol–water partition coefficient (Wildman–Crippen LogP) is 1.52. The quantitative estimate of drug-likeness (QED) is 0.834. The lowest BCUT2D eigenvalue weighted by Gasteiger charge is -2.23. The van der Waals surface area contributed by atoms with Crippen LogP contribution in [0.15, 0.2) is 18.2 Å². The minimum atomic E-state index is -3.40. The summed E-state index contributed by atoms with van der Waals surface area (Å²) in [6, 6.07) is 4.83. The van der Waals surface area contributed by atoms with Crippen molar-refractivity contribution in [2.45, 2.75) is 19.3 Å². The second-order valence-corrected chi connectivity index (χ2v) is 6.65. The number of benzene rings is 1. The lowest BCUT2D eigenvalue weighted by atomic mass is 9.84. The molecule has 0 amide bonds. The third-order valence-corrected chi connectivity index (χ3v) is 3.50. The topological polar surface area (TPSA) is 81.7 Å². The van der Waals surface area contributed by atoms with E-state index in [0.717, 1.165) is 6.26 Å². The molecule has 6 nitrogen and oxygen atoms in total. The Morgan fingerprint density at radius 3 is 2.30 bits per heavy atom. The molecule has 0 saturated carbocycles. The van der Waals surface area contributed by atoms with Crippen molar-refractivity contribution in [3.05, 3.63) is 23.8 Å². The molecule has 0 aliphatic rings. The summed E-state index contributed by atoms with van der Waals surface area (Å²) < 4.78 is 34.8. The van der Waals surface area contributed by atoms with E-state index >= 15 is 0 Å². The van der Waals surface area contributed by atoms with Crippen molar-refractivity contribution in [2.75, 3.05) is 25.2 Å². The number of rotatable bonds is 5. The zero-order chi connectivity index (χ0) is 15.6. The van der Waals surface area contributed by atoms with Crippen molar-refractivity contribution in [2.24, 2.45) is 0 Å². The van der Waals surface area contributed by atoms with Crippen molar-refractivity contribution >= 4 is 21.7 Å². The van der Waals surface area contributed by atoms with Gasteiger partial charge in [-0.15, -0.1) is 0 Å². The molecular formula is C13H19NO5S. The minimum absolute atomic E-state index is 0.319. The summed E-state index contributed by atoms with van der Waals surface area (Å²) >= 11 is 0. The summed E-state index contributed by atoms with van der Waals surface area (Å²) in [5, 5.41) is 0. The number of anilines is 1. The van der Waals surface area contributed by atoms with Crippen molar-refractivity contribution < 1.29 is 22.7 Å². The summed E-state index contributed by atoms with van der Waals surface area (Å²) in [7, 11) is -0.652. The van der Waals surface area contributed by atoms with E-state index in [0.29, 0.717) is 17.0 Å². The number of esters is 1. The minimum Gasteiger partial charge on any atom is -0.495 e. The molecule has 0 bridgehead atoms. The molecule has 1 aromatic rings. The van der Waals surface area contributed by atoms with Crippen LogP contribution in [0.2, 0.25) is 0 Å². The first kappa shape index (κ1) is 16.3. The van der Waals surface area contributed by atoms with E-state index in [2.05, 4.69) is 4.72 Å². The normalized spacial score (nSPS) is 11.8. The Labute approximate surface area is 119 Å². The molecule has 0 saturated heterocycles. The smallest absolute Gasteiger partial charge is 0.315 e. The number of hydrogen-bond donors (Lipinski definition) is 1. The van der Waals surface area contributed by atoms with E-state index in [9.17, 15) is 13.2 Å². The van der Waals surface area contributed by atoms with Gasteiger partial charge in [0.15, 0.2) is 0 Å². The first-order valence-corrected chi connectivity index (χ1v) is 7.75. The number of methoxy groups -OCH3 is 2. The van der Waals surface area contributed by atoms with Gasteiger partial charge >= 0.3 is 5.97 Å². The molecular weight excluding hydrogens is 282 g/mol. The highest BCUT2D eigenvalue weighted by Gasteiger charge is 2.31. The fourth-order valence-electron chi connectivity index (χ4n) is 1.74. The number of ether oxygens (including phenoxy) is 2. The standard InChI is InChI=1S/C13H19NO5S/c1-13(2,12(15)19-4)9-6-7-10(11(8-9)18-3)14-20(5,16)17/h6-8,14H,1-5H3. The molecule has 0 atom stereocenters. The predicted molar refractivity (Wildman–Crippen MR) is 76.5 cm³/mol. The van der Waals surface area contributed by atoms with Gasteiger partial charge in [0.25, 0.3) is 0 Å². The van der Waals surface area contributed by atoms with Gasteiger partial charge in [0, 0.05) is 0 Å². The molecule has 0 unspecified atom stereocenters. The van der Waals surface area contributed by atoms with Gasteiger partial charge in [-0.3, -0.25) is 9.52 Å². The van der Waals surface area contributed by atoms with Crippen LogP contribution >= 0.6 is 0 Å². The van der Waals surface area contributed by atoms with Crippen LogP contribution in [-0.4, -0.2) is 34.9 Å². The maximum absolute atomic E-state index is 11.8. The Hall–Kier alpha value is -1.76.